The van der Waals surface area contributed by atoms with Gasteiger partial charge in [-0.1, -0.05) is 43.5 Å². The molecule has 2 unspecified atom stereocenters. The van der Waals surface area contributed by atoms with Gasteiger partial charge in [0.2, 0.25) is 5.91 Å². The smallest absolute Gasteiger partial charge is 0.225 e. The van der Waals surface area contributed by atoms with Crippen molar-refractivity contribution < 1.29 is 9.90 Å². The minimum Gasteiger partial charge on any atom is -0.383 e. The van der Waals surface area contributed by atoms with E-state index < -0.39 is 5.60 Å². The number of carbonyl (C=O) groups is 1. The van der Waals surface area contributed by atoms with E-state index in [2.05, 4.69) is 16.7 Å². The summed E-state index contributed by atoms with van der Waals surface area (Å²) in [5, 5.41) is 18.0. The molecule has 1 aromatic carbocycles. The molecule has 3 N–H and O–H groups in total. The van der Waals surface area contributed by atoms with E-state index >= 15 is 0 Å². The Morgan fingerprint density at radius 2 is 2.00 bits per heavy atom. The molecule has 1 aliphatic heterocycles. The molecule has 0 aromatic heterocycles. The van der Waals surface area contributed by atoms with Crippen molar-refractivity contribution in [3.8, 4) is 0 Å². The molecule has 1 saturated carbocycles. The second kappa shape index (κ2) is 11.0. The fourth-order valence-corrected chi connectivity index (χ4v) is 5.24. The molecule has 6 nitrogen and oxygen atoms in total. The van der Waals surface area contributed by atoms with E-state index in [1.165, 1.54) is 24.8 Å². The topological polar surface area (TPSA) is 77.0 Å². The summed E-state index contributed by atoms with van der Waals surface area (Å²) < 4.78 is 0. The highest BCUT2D eigenvalue weighted by atomic mass is 127. The monoisotopic (exact) mass is 540 g/mol. The SMILES string of the molecule is CCNC(=NCC1(O)CCc2ccccc21)NC1CCN(C(=O)C2CCCCC2)C1.I. The zero-order valence-electron chi connectivity index (χ0n) is 18.6. The lowest BCUT2D eigenvalue weighted by Crippen LogP contribution is -2.46. The maximum atomic E-state index is 12.8. The summed E-state index contributed by atoms with van der Waals surface area (Å²) in [7, 11) is 0. The molecule has 1 heterocycles. The fraction of sp³-hybridized carbons (Fsp3) is 0.667. The summed E-state index contributed by atoms with van der Waals surface area (Å²) >= 11 is 0. The van der Waals surface area contributed by atoms with Gasteiger partial charge in [-0.2, -0.15) is 0 Å². The Bertz CT molecular complexity index is 781. The van der Waals surface area contributed by atoms with Crippen molar-refractivity contribution in [1.29, 1.82) is 0 Å². The van der Waals surface area contributed by atoms with Crippen molar-refractivity contribution in [2.24, 2.45) is 10.9 Å². The van der Waals surface area contributed by atoms with Crippen molar-refractivity contribution in [3.05, 3.63) is 35.4 Å². The molecule has 7 heteroatoms. The van der Waals surface area contributed by atoms with Gasteiger partial charge >= 0.3 is 0 Å². The number of halogens is 1. The number of fused-ring (bicyclic) bond motifs is 1. The molecule has 0 spiro atoms. The van der Waals surface area contributed by atoms with Crippen LogP contribution in [0.15, 0.2) is 29.3 Å². The average molecular weight is 540 g/mol. The molecule has 31 heavy (non-hydrogen) atoms. The molecule has 1 saturated heterocycles. The molecule has 0 radical (unpaired) electrons. The number of aliphatic hydroxyl groups is 1. The molecule has 2 fully saturated rings. The molecule has 3 aliphatic rings. The number of nitrogens with one attached hydrogen (secondary N) is 2. The number of likely N-dealkylation sites (tertiary alicyclic amines) is 1. The van der Waals surface area contributed by atoms with E-state index in [9.17, 15) is 9.90 Å². The van der Waals surface area contributed by atoms with E-state index in [-0.39, 0.29) is 35.9 Å². The van der Waals surface area contributed by atoms with Gasteiger partial charge < -0.3 is 20.6 Å². The van der Waals surface area contributed by atoms with Crippen LogP contribution in [0.25, 0.3) is 0 Å². The van der Waals surface area contributed by atoms with Gasteiger partial charge in [-0.15, -0.1) is 24.0 Å². The Hall–Kier alpha value is -1.35. The third-order valence-corrected chi connectivity index (χ3v) is 6.96. The minimum atomic E-state index is -0.891. The largest absolute Gasteiger partial charge is 0.383 e. The molecule has 2 atom stereocenters. The van der Waals surface area contributed by atoms with Crippen molar-refractivity contribution in [1.82, 2.24) is 15.5 Å². The molecule has 4 rings (SSSR count). The number of rotatable bonds is 5. The minimum absolute atomic E-state index is 0. The number of aryl methyl sites for hydroxylation is 1. The van der Waals surface area contributed by atoms with Crippen LogP contribution < -0.4 is 10.6 Å². The van der Waals surface area contributed by atoms with Crippen LogP contribution in [0.1, 0.15) is 63.0 Å². The fourth-order valence-electron chi connectivity index (χ4n) is 5.24. The van der Waals surface area contributed by atoms with Crippen LogP contribution in [-0.4, -0.2) is 54.1 Å². The summed E-state index contributed by atoms with van der Waals surface area (Å²) in [6.45, 7) is 4.72. The third-order valence-electron chi connectivity index (χ3n) is 6.96. The maximum absolute atomic E-state index is 12.8. The lowest BCUT2D eigenvalue weighted by Gasteiger charge is -2.26. The number of aliphatic imine (C=N–C) groups is 1. The summed E-state index contributed by atoms with van der Waals surface area (Å²) in [5.74, 6) is 1.31. The van der Waals surface area contributed by atoms with Crippen LogP contribution in [0.3, 0.4) is 0 Å². The van der Waals surface area contributed by atoms with Crippen molar-refractivity contribution in [2.45, 2.75) is 69.9 Å². The first-order valence-electron chi connectivity index (χ1n) is 11.7. The average Bonchev–Trinajstić information content (AvgIpc) is 3.38. The maximum Gasteiger partial charge on any atom is 0.225 e. The number of amides is 1. The van der Waals surface area contributed by atoms with Gasteiger partial charge in [-0.05, 0) is 50.2 Å². The Kier molecular flexibility index (Phi) is 8.61. The molecule has 1 amide bonds. The van der Waals surface area contributed by atoms with Crippen molar-refractivity contribution in [2.75, 3.05) is 26.2 Å². The first-order valence-corrected chi connectivity index (χ1v) is 11.7. The van der Waals surface area contributed by atoms with Crippen LogP contribution >= 0.6 is 24.0 Å². The van der Waals surface area contributed by atoms with E-state index in [1.807, 2.05) is 30.0 Å². The highest BCUT2D eigenvalue weighted by Gasteiger charge is 2.36. The molecule has 1 aromatic rings. The van der Waals surface area contributed by atoms with E-state index in [0.29, 0.717) is 18.9 Å². The molecule has 2 aliphatic carbocycles. The summed E-state index contributed by atoms with van der Waals surface area (Å²) in [5.41, 5.74) is 1.34. The number of hydrogen-bond donors (Lipinski definition) is 3. The summed E-state index contributed by atoms with van der Waals surface area (Å²) in [6, 6.07) is 8.33. The Labute approximate surface area is 203 Å². The van der Waals surface area contributed by atoms with Gasteiger partial charge in [0.15, 0.2) is 5.96 Å². The first-order chi connectivity index (χ1) is 14.6. The van der Waals surface area contributed by atoms with Crippen LogP contribution in [-0.2, 0) is 16.8 Å². The van der Waals surface area contributed by atoms with E-state index in [1.54, 1.807) is 0 Å². The Morgan fingerprint density at radius 3 is 2.77 bits per heavy atom. The highest BCUT2D eigenvalue weighted by molar-refractivity contribution is 14.0. The standard InChI is InChI=1S/C24H36N4O2.HI/c1-2-25-23(26-17-24(30)14-12-18-8-6-7-11-21(18)24)27-20-13-15-28(16-20)22(29)19-9-4-3-5-10-19;/h6-8,11,19-20,30H,2-5,9-10,12-17H2,1H3,(H2,25,26,27);1H. The predicted molar refractivity (Wildman–Crippen MR) is 135 cm³/mol. The van der Waals surface area contributed by atoms with Gasteiger partial charge in [0.05, 0.1) is 6.54 Å². The predicted octanol–water partition coefficient (Wildman–Crippen LogP) is 3.17. The lowest BCUT2D eigenvalue weighted by molar-refractivity contribution is -0.135. The second-order valence-electron chi connectivity index (χ2n) is 9.13. The van der Waals surface area contributed by atoms with E-state index in [0.717, 1.165) is 56.8 Å². The van der Waals surface area contributed by atoms with Gasteiger partial charge in [0.1, 0.15) is 5.60 Å². The number of hydrogen-bond acceptors (Lipinski definition) is 3. The summed E-state index contributed by atoms with van der Waals surface area (Å²) in [6.07, 6.45) is 8.30. The van der Waals surface area contributed by atoms with Gasteiger partial charge in [0.25, 0.3) is 0 Å². The molecular weight excluding hydrogens is 503 g/mol. The normalized spacial score (nSPS) is 26.3. The highest BCUT2D eigenvalue weighted by Crippen LogP contribution is 2.36. The lowest BCUT2D eigenvalue weighted by atomic mass is 9.88. The number of carbonyl (C=O) groups excluding carboxylic acids is 1. The summed E-state index contributed by atoms with van der Waals surface area (Å²) in [4.78, 5) is 19.6. The van der Waals surface area contributed by atoms with Crippen LogP contribution in [0.2, 0.25) is 0 Å². The molecular formula is C24H37IN4O2. The Balaban J connectivity index is 0.00000272. The van der Waals surface area contributed by atoms with Crippen molar-refractivity contribution >= 4 is 35.8 Å². The number of guanidine groups is 1. The number of benzene rings is 1. The van der Waals surface area contributed by atoms with Crippen LogP contribution in [0, 0.1) is 5.92 Å². The zero-order chi connectivity index (χ0) is 21.0. The van der Waals surface area contributed by atoms with Crippen molar-refractivity contribution in [3.63, 3.8) is 0 Å². The Morgan fingerprint density at radius 1 is 1.23 bits per heavy atom. The zero-order valence-corrected chi connectivity index (χ0v) is 20.9. The van der Waals surface area contributed by atoms with Crippen LogP contribution in [0.5, 0.6) is 0 Å². The van der Waals surface area contributed by atoms with Gasteiger partial charge in [-0.3, -0.25) is 4.79 Å². The quantitative estimate of drug-likeness (QED) is 0.305. The van der Waals surface area contributed by atoms with E-state index in [4.69, 9.17) is 4.99 Å². The molecule has 0 bridgehead atoms. The van der Waals surface area contributed by atoms with Gasteiger partial charge in [0, 0.05) is 31.6 Å². The third kappa shape index (κ3) is 5.72. The number of nitrogens with zero attached hydrogens (tertiary/aromatic N) is 2. The molecule has 172 valence electrons. The van der Waals surface area contributed by atoms with Gasteiger partial charge in [-0.25, -0.2) is 4.99 Å². The second-order valence-corrected chi connectivity index (χ2v) is 9.13. The van der Waals surface area contributed by atoms with Crippen LogP contribution in [0.4, 0.5) is 0 Å². The first kappa shape index (κ1) is 24.3.